The zero-order valence-electron chi connectivity index (χ0n) is 11.3. The van der Waals surface area contributed by atoms with Gasteiger partial charge in [0.2, 0.25) is 10.0 Å². The van der Waals surface area contributed by atoms with E-state index >= 15 is 0 Å². The van der Waals surface area contributed by atoms with E-state index in [0.29, 0.717) is 5.25 Å². The van der Waals surface area contributed by atoms with E-state index in [1.54, 1.807) is 18.2 Å². The van der Waals surface area contributed by atoms with Crippen molar-refractivity contribution >= 4 is 43.4 Å². The number of nitrogen functional groups attached to an aromatic ring is 1. The summed E-state index contributed by atoms with van der Waals surface area (Å²) in [6.07, 6.45) is 3.04. The summed E-state index contributed by atoms with van der Waals surface area (Å²) in [5.41, 5.74) is 6.09. The van der Waals surface area contributed by atoms with E-state index in [1.807, 2.05) is 11.8 Å². The first-order valence-corrected chi connectivity index (χ1v) is 9.95. The summed E-state index contributed by atoms with van der Waals surface area (Å²) in [5.74, 6) is 1.00. The molecule has 0 spiro atoms. The number of hydrogen-bond donors (Lipinski definition) is 2. The van der Waals surface area contributed by atoms with Gasteiger partial charge in [-0.05, 0) is 36.8 Å². The summed E-state index contributed by atoms with van der Waals surface area (Å²) in [5, 5.41) is 0.367. The standard InChI is InChI=1S/C13H19BrN2O2S2/c1-2-19-12-5-3-4-11(12)16-20(17,18)13-7-6-9(14)8-10(13)15/h6-8,11-12,16H,2-5,15H2,1H3. The highest BCUT2D eigenvalue weighted by Crippen LogP contribution is 2.31. The van der Waals surface area contributed by atoms with Crippen molar-refractivity contribution in [3.63, 3.8) is 0 Å². The van der Waals surface area contributed by atoms with Gasteiger partial charge in [0, 0.05) is 15.8 Å². The summed E-state index contributed by atoms with van der Waals surface area (Å²) in [6, 6.07) is 4.85. The van der Waals surface area contributed by atoms with E-state index in [2.05, 4.69) is 27.6 Å². The van der Waals surface area contributed by atoms with Gasteiger partial charge in [0.1, 0.15) is 4.90 Å². The van der Waals surface area contributed by atoms with E-state index in [0.717, 1.165) is 29.5 Å². The third kappa shape index (κ3) is 3.69. The minimum atomic E-state index is -3.55. The molecular weight excluding hydrogens is 360 g/mol. The molecule has 7 heteroatoms. The van der Waals surface area contributed by atoms with Crippen LogP contribution in [0, 0.1) is 0 Å². The molecule has 0 radical (unpaired) electrons. The van der Waals surface area contributed by atoms with Crippen LogP contribution in [0.3, 0.4) is 0 Å². The minimum absolute atomic E-state index is 0.00740. The van der Waals surface area contributed by atoms with Crippen molar-refractivity contribution in [1.82, 2.24) is 4.72 Å². The lowest BCUT2D eigenvalue weighted by atomic mass is 10.3. The molecule has 0 saturated heterocycles. The second-order valence-electron chi connectivity index (χ2n) is 4.83. The second-order valence-corrected chi connectivity index (χ2v) is 8.95. The maximum Gasteiger partial charge on any atom is 0.242 e. The SMILES string of the molecule is CCSC1CCCC1NS(=O)(=O)c1ccc(Br)cc1N. The Hall–Kier alpha value is -0.240. The van der Waals surface area contributed by atoms with Gasteiger partial charge in [-0.2, -0.15) is 11.8 Å². The van der Waals surface area contributed by atoms with E-state index < -0.39 is 10.0 Å². The number of thioether (sulfide) groups is 1. The van der Waals surface area contributed by atoms with Crippen molar-refractivity contribution in [2.75, 3.05) is 11.5 Å². The Kier molecular flexibility index (Phi) is 5.39. The zero-order valence-corrected chi connectivity index (χ0v) is 14.5. The van der Waals surface area contributed by atoms with Gasteiger partial charge in [0.15, 0.2) is 0 Å². The van der Waals surface area contributed by atoms with Gasteiger partial charge < -0.3 is 5.73 Å². The van der Waals surface area contributed by atoms with Crippen molar-refractivity contribution in [2.45, 2.75) is 42.4 Å². The van der Waals surface area contributed by atoms with Gasteiger partial charge in [-0.15, -0.1) is 0 Å². The lowest BCUT2D eigenvalue weighted by Crippen LogP contribution is -2.39. The first-order valence-electron chi connectivity index (χ1n) is 6.63. The smallest absolute Gasteiger partial charge is 0.242 e. The predicted molar refractivity (Wildman–Crippen MR) is 88.4 cm³/mol. The molecule has 20 heavy (non-hydrogen) atoms. The third-order valence-electron chi connectivity index (χ3n) is 3.40. The van der Waals surface area contributed by atoms with Gasteiger partial charge >= 0.3 is 0 Å². The Morgan fingerprint density at radius 2 is 2.20 bits per heavy atom. The normalized spacial score (nSPS) is 23.1. The van der Waals surface area contributed by atoms with Crippen LogP contribution in [0.15, 0.2) is 27.6 Å². The minimum Gasteiger partial charge on any atom is -0.398 e. The lowest BCUT2D eigenvalue weighted by Gasteiger charge is -2.20. The zero-order chi connectivity index (χ0) is 14.8. The highest BCUT2D eigenvalue weighted by atomic mass is 79.9. The van der Waals surface area contributed by atoms with E-state index in [-0.39, 0.29) is 16.6 Å². The maximum atomic E-state index is 12.5. The monoisotopic (exact) mass is 378 g/mol. The molecule has 112 valence electrons. The molecule has 3 N–H and O–H groups in total. The van der Waals surface area contributed by atoms with Crippen LogP contribution >= 0.6 is 27.7 Å². The molecule has 2 unspecified atom stereocenters. The third-order valence-corrected chi connectivity index (χ3v) is 6.78. The molecule has 0 aliphatic heterocycles. The average Bonchev–Trinajstić information content (AvgIpc) is 2.76. The van der Waals surface area contributed by atoms with E-state index in [4.69, 9.17) is 5.73 Å². The number of hydrogen-bond acceptors (Lipinski definition) is 4. The molecule has 0 aromatic heterocycles. The number of halogens is 1. The topological polar surface area (TPSA) is 72.2 Å². The summed E-state index contributed by atoms with van der Waals surface area (Å²) >= 11 is 5.11. The van der Waals surface area contributed by atoms with Crippen molar-refractivity contribution < 1.29 is 8.42 Å². The fourth-order valence-corrected chi connectivity index (χ4v) is 5.59. The fraction of sp³-hybridized carbons (Fsp3) is 0.538. The highest BCUT2D eigenvalue weighted by molar-refractivity contribution is 9.10. The van der Waals surface area contributed by atoms with Crippen molar-refractivity contribution in [3.8, 4) is 0 Å². The van der Waals surface area contributed by atoms with Crippen LogP contribution in [0.5, 0.6) is 0 Å². The predicted octanol–water partition coefficient (Wildman–Crippen LogP) is 2.98. The van der Waals surface area contributed by atoms with Crippen LogP contribution in [0.1, 0.15) is 26.2 Å². The maximum absolute atomic E-state index is 12.5. The molecule has 2 rings (SSSR count). The molecule has 1 saturated carbocycles. The summed E-state index contributed by atoms with van der Waals surface area (Å²) in [6.45, 7) is 2.10. The highest BCUT2D eigenvalue weighted by Gasteiger charge is 2.31. The molecule has 1 aromatic carbocycles. The summed E-state index contributed by atoms with van der Waals surface area (Å²) < 4.78 is 28.5. The molecule has 0 bridgehead atoms. The molecular formula is C13H19BrN2O2S2. The van der Waals surface area contributed by atoms with E-state index in [1.165, 1.54) is 0 Å². The first-order chi connectivity index (χ1) is 9.44. The van der Waals surface area contributed by atoms with Crippen molar-refractivity contribution in [2.24, 2.45) is 0 Å². The number of anilines is 1. The Morgan fingerprint density at radius 3 is 2.85 bits per heavy atom. The molecule has 1 fully saturated rings. The van der Waals surface area contributed by atoms with Crippen LogP contribution in [-0.4, -0.2) is 25.5 Å². The van der Waals surface area contributed by atoms with Gasteiger partial charge in [-0.25, -0.2) is 13.1 Å². The number of rotatable bonds is 5. The molecule has 2 atom stereocenters. The fourth-order valence-electron chi connectivity index (χ4n) is 2.50. The molecule has 0 amide bonds. The number of benzene rings is 1. The quantitative estimate of drug-likeness (QED) is 0.772. The van der Waals surface area contributed by atoms with Crippen molar-refractivity contribution in [3.05, 3.63) is 22.7 Å². The molecule has 1 aliphatic rings. The van der Waals surface area contributed by atoms with E-state index in [9.17, 15) is 8.42 Å². The number of nitrogens with two attached hydrogens (primary N) is 1. The molecule has 1 aromatic rings. The Labute approximate surface area is 133 Å². The average molecular weight is 379 g/mol. The van der Waals surface area contributed by atoms with Crippen LogP contribution in [0.25, 0.3) is 0 Å². The van der Waals surface area contributed by atoms with Gasteiger partial charge in [-0.3, -0.25) is 0 Å². The molecule has 0 heterocycles. The summed E-state index contributed by atoms with van der Waals surface area (Å²) in [4.78, 5) is 0.160. The van der Waals surface area contributed by atoms with Crippen molar-refractivity contribution in [1.29, 1.82) is 0 Å². The van der Waals surface area contributed by atoms with Crippen LogP contribution in [0.4, 0.5) is 5.69 Å². The number of nitrogens with one attached hydrogen (secondary N) is 1. The number of sulfonamides is 1. The van der Waals surface area contributed by atoms with Crippen LogP contribution < -0.4 is 10.5 Å². The van der Waals surface area contributed by atoms with Gasteiger partial charge in [0.05, 0.1) is 5.69 Å². The molecule has 1 aliphatic carbocycles. The van der Waals surface area contributed by atoms with Gasteiger partial charge in [0.25, 0.3) is 0 Å². The largest absolute Gasteiger partial charge is 0.398 e. The van der Waals surface area contributed by atoms with Gasteiger partial charge in [-0.1, -0.05) is 29.3 Å². The second kappa shape index (κ2) is 6.68. The van der Waals surface area contributed by atoms with Crippen LogP contribution in [0.2, 0.25) is 0 Å². The Bertz CT molecular complexity index is 578. The lowest BCUT2D eigenvalue weighted by molar-refractivity contribution is 0.555. The van der Waals surface area contributed by atoms with Crippen LogP contribution in [-0.2, 0) is 10.0 Å². The summed E-state index contributed by atoms with van der Waals surface area (Å²) in [7, 11) is -3.55. The Morgan fingerprint density at radius 1 is 1.45 bits per heavy atom. The Balaban J connectivity index is 2.18. The first kappa shape index (κ1) is 16.1. The molecule has 4 nitrogen and oxygen atoms in total.